The highest BCUT2D eigenvalue weighted by molar-refractivity contribution is 7.87. The third-order valence-corrected chi connectivity index (χ3v) is 12.2. The van der Waals surface area contributed by atoms with E-state index in [1.54, 1.807) is 19.2 Å². The summed E-state index contributed by atoms with van der Waals surface area (Å²) < 4.78 is 41.7. The maximum absolute atomic E-state index is 14.4. The molecule has 1 saturated carbocycles. The van der Waals surface area contributed by atoms with Gasteiger partial charge in [-0.05, 0) is 79.1 Å². The van der Waals surface area contributed by atoms with Gasteiger partial charge >= 0.3 is 10.2 Å². The number of piperidine rings is 1. The van der Waals surface area contributed by atoms with Gasteiger partial charge in [0.2, 0.25) is 0 Å². The zero-order valence-corrected chi connectivity index (χ0v) is 29.6. The minimum atomic E-state index is -3.98. The lowest BCUT2D eigenvalue weighted by molar-refractivity contribution is -0.129. The average Bonchev–Trinajstić information content (AvgIpc) is 3.34. The fourth-order valence-electron chi connectivity index (χ4n) is 8.16. The van der Waals surface area contributed by atoms with Gasteiger partial charge in [0.05, 0.1) is 32.6 Å². The molecule has 3 aliphatic heterocycles. The molecule has 2 amide bonds. The van der Waals surface area contributed by atoms with Gasteiger partial charge in [-0.1, -0.05) is 25.3 Å². The van der Waals surface area contributed by atoms with Crippen LogP contribution in [0.4, 0.5) is 0 Å². The number of fused-ring (bicyclic) bond motifs is 5. The van der Waals surface area contributed by atoms with Crippen molar-refractivity contribution >= 4 is 39.0 Å². The smallest absolute Gasteiger partial charge is 0.303 e. The maximum Gasteiger partial charge on any atom is 0.303 e. The first kappa shape index (κ1) is 33.8. The molecule has 1 N–H and O–H groups in total. The lowest BCUT2D eigenvalue weighted by atomic mass is 9.81. The van der Waals surface area contributed by atoms with E-state index in [1.807, 2.05) is 29.2 Å². The third kappa shape index (κ3) is 6.63. The molecule has 49 heavy (non-hydrogen) atoms. The maximum atomic E-state index is 14.4. The van der Waals surface area contributed by atoms with Crippen molar-refractivity contribution in [2.75, 3.05) is 60.6 Å². The average molecular weight is 690 g/mol. The summed E-state index contributed by atoms with van der Waals surface area (Å²) in [5, 5.41) is 1.04. The Balaban J connectivity index is 1.31. The van der Waals surface area contributed by atoms with Gasteiger partial charge in [-0.15, -0.1) is 0 Å². The normalized spacial score (nSPS) is 19.7. The predicted molar refractivity (Wildman–Crippen MR) is 190 cm³/mol. The molecule has 0 bridgehead atoms. The Labute approximate surface area is 289 Å². The number of likely N-dealkylation sites (tertiary alicyclic amines) is 1. The van der Waals surface area contributed by atoms with Crippen LogP contribution in [-0.4, -0.2) is 106 Å². The Kier molecular flexibility index (Phi) is 9.58. The molecule has 7 rings (SSSR count). The number of carbonyl (C=O) groups excluding carboxylic acids is 2. The van der Waals surface area contributed by atoms with Gasteiger partial charge in [0.15, 0.2) is 0 Å². The van der Waals surface area contributed by atoms with Crippen molar-refractivity contribution in [2.45, 2.75) is 63.5 Å². The number of benzene rings is 2. The van der Waals surface area contributed by atoms with E-state index in [2.05, 4.69) is 20.3 Å². The Morgan fingerprint density at radius 1 is 0.939 bits per heavy atom. The second-order valence-electron chi connectivity index (χ2n) is 13.9. The van der Waals surface area contributed by atoms with E-state index in [1.165, 1.54) is 26.1 Å². The van der Waals surface area contributed by atoms with Gasteiger partial charge < -0.3 is 18.9 Å². The molecule has 11 nitrogen and oxygen atoms in total. The number of aromatic nitrogens is 1. The van der Waals surface area contributed by atoms with Crippen LogP contribution in [0.3, 0.4) is 0 Å². The summed E-state index contributed by atoms with van der Waals surface area (Å²) in [5.41, 5.74) is 5.99. The Morgan fingerprint density at radius 3 is 2.37 bits per heavy atom. The van der Waals surface area contributed by atoms with Gasteiger partial charge in [-0.3, -0.25) is 14.5 Å². The van der Waals surface area contributed by atoms with Crippen molar-refractivity contribution in [3.8, 4) is 17.0 Å². The summed E-state index contributed by atoms with van der Waals surface area (Å²) in [5.74, 6) is 0.374. The minimum Gasteiger partial charge on any atom is -0.497 e. The molecule has 0 unspecified atom stereocenters. The Morgan fingerprint density at radius 2 is 1.67 bits per heavy atom. The molecule has 12 heteroatoms. The van der Waals surface area contributed by atoms with Crippen molar-refractivity contribution in [1.29, 1.82) is 0 Å². The Hall–Kier alpha value is -3.71. The first-order valence-electron chi connectivity index (χ1n) is 17.6. The fourth-order valence-corrected chi connectivity index (χ4v) is 8.69. The second-order valence-corrected chi connectivity index (χ2v) is 15.8. The zero-order valence-electron chi connectivity index (χ0n) is 28.7. The van der Waals surface area contributed by atoms with Crippen LogP contribution in [0.25, 0.3) is 28.2 Å². The number of nitrogens with one attached hydrogen (secondary N) is 1. The summed E-state index contributed by atoms with van der Waals surface area (Å²) >= 11 is 0. The molecule has 4 aliphatic rings. The molecule has 2 aromatic carbocycles. The van der Waals surface area contributed by atoms with E-state index >= 15 is 0 Å². The highest BCUT2D eigenvalue weighted by Crippen LogP contribution is 2.47. The highest BCUT2D eigenvalue weighted by atomic mass is 32.2. The van der Waals surface area contributed by atoms with Crippen LogP contribution in [0.15, 0.2) is 42.0 Å². The molecule has 0 radical (unpaired) electrons. The van der Waals surface area contributed by atoms with Crippen LogP contribution >= 0.6 is 0 Å². The Bertz CT molecular complexity index is 1880. The van der Waals surface area contributed by atoms with Crippen molar-refractivity contribution in [2.24, 2.45) is 0 Å². The van der Waals surface area contributed by atoms with Crippen LogP contribution in [0, 0.1) is 0 Å². The fraction of sp³-hybridized carbons (Fsp3) is 0.514. The monoisotopic (exact) mass is 689 g/mol. The lowest BCUT2D eigenvalue weighted by Crippen LogP contribution is -2.50. The standard InChI is InChI=1S/C37H47N5O6S/c1-39(2)49(45,46)38-36(43)26-9-11-32-33(23-26)42-24-28(37(44)41-15-13-29(14-16-41)40-17-19-48-20-18-40)21-27-22-30(47-3)10-12-31(27)35(42)34(32)25-7-5-4-6-8-25/h9-12,21-23,25,29H,4-8,13-20,24H2,1-3H3,(H,38,43). The van der Waals surface area contributed by atoms with Gasteiger partial charge in [-0.25, -0.2) is 4.72 Å². The quantitative estimate of drug-likeness (QED) is 0.385. The minimum absolute atomic E-state index is 0.0223. The number of carbonyl (C=O) groups is 2. The van der Waals surface area contributed by atoms with Crippen molar-refractivity contribution in [3.63, 3.8) is 0 Å². The summed E-state index contributed by atoms with van der Waals surface area (Å²) in [7, 11) is 0.435. The molecule has 3 fully saturated rings. The van der Waals surface area contributed by atoms with E-state index in [0.717, 1.165) is 103 Å². The summed E-state index contributed by atoms with van der Waals surface area (Å²) in [6.07, 6.45) is 9.54. The molecule has 2 saturated heterocycles. The molecule has 0 atom stereocenters. The summed E-state index contributed by atoms with van der Waals surface area (Å²) in [4.78, 5) is 32.3. The molecule has 4 heterocycles. The topological polar surface area (TPSA) is 113 Å². The number of nitrogens with zero attached hydrogens (tertiary/aromatic N) is 4. The van der Waals surface area contributed by atoms with Crippen LogP contribution in [-0.2, 0) is 26.3 Å². The van der Waals surface area contributed by atoms with Gasteiger partial charge in [0, 0.05) is 73.9 Å². The number of morpholine rings is 1. The van der Waals surface area contributed by atoms with Gasteiger partial charge in [0.25, 0.3) is 11.8 Å². The number of amides is 2. The molecular formula is C37H47N5O6S. The lowest BCUT2D eigenvalue weighted by Gasteiger charge is -2.40. The second kappa shape index (κ2) is 13.9. The van der Waals surface area contributed by atoms with Gasteiger partial charge in [0.1, 0.15) is 5.75 Å². The summed E-state index contributed by atoms with van der Waals surface area (Å²) in [6.45, 7) is 5.13. The number of ether oxygens (including phenoxy) is 2. The van der Waals surface area contributed by atoms with E-state index in [0.29, 0.717) is 37.2 Å². The first-order valence-corrected chi connectivity index (χ1v) is 19.0. The SMILES string of the molecule is COc1ccc2c(c1)C=C(C(=O)N1CCC(N3CCOCC3)CC1)Cn1c-2c(C2CCCCC2)c2ccc(C(=O)NS(=O)(=O)N(C)C)cc21. The molecule has 3 aromatic rings. The number of hydrogen-bond donors (Lipinski definition) is 1. The molecular weight excluding hydrogens is 643 g/mol. The molecule has 1 aliphatic carbocycles. The van der Waals surface area contributed by atoms with Crippen LogP contribution < -0.4 is 9.46 Å². The predicted octanol–water partition coefficient (Wildman–Crippen LogP) is 4.62. The van der Waals surface area contributed by atoms with Crippen LogP contribution in [0.2, 0.25) is 0 Å². The van der Waals surface area contributed by atoms with E-state index in [4.69, 9.17) is 9.47 Å². The van der Waals surface area contributed by atoms with Crippen LogP contribution in [0.5, 0.6) is 5.75 Å². The van der Waals surface area contributed by atoms with Crippen LogP contribution in [0.1, 0.15) is 72.3 Å². The van der Waals surface area contributed by atoms with E-state index < -0.39 is 16.1 Å². The number of methoxy groups -OCH3 is 1. The summed E-state index contributed by atoms with van der Waals surface area (Å²) in [6, 6.07) is 12.0. The molecule has 262 valence electrons. The first-order chi connectivity index (χ1) is 23.6. The highest BCUT2D eigenvalue weighted by Gasteiger charge is 2.33. The van der Waals surface area contributed by atoms with Gasteiger partial charge in [-0.2, -0.15) is 12.7 Å². The zero-order chi connectivity index (χ0) is 34.3. The molecule has 0 spiro atoms. The van der Waals surface area contributed by atoms with E-state index in [-0.39, 0.29) is 11.5 Å². The largest absolute Gasteiger partial charge is 0.497 e. The van der Waals surface area contributed by atoms with E-state index in [9.17, 15) is 18.0 Å². The van der Waals surface area contributed by atoms with Crippen molar-refractivity contribution < 1.29 is 27.5 Å². The third-order valence-electron chi connectivity index (χ3n) is 10.8. The molecule has 1 aromatic heterocycles. The van der Waals surface area contributed by atoms with Crippen molar-refractivity contribution in [3.05, 3.63) is 58.7 Å². The number of hydrogen-bond acceptors (Lipinski definition) is 7. The number of rotatable bonds is 7. The van der Waals surface area contributed by atoms with Crippen molar-refractivity contribution in [1.82, 2.24) is 23.4 Å².